The molecule has 3 N–H and O–H groups in total. The van der Waals surface area contributed by atoms with Crippen LogP contribution in [0.5, 0.6) is 0 Å². The van der Waals surface area contributed by atoms with E-state index in [9.17, 15) is 14.7 Å². The quantitative estimate of drug-likeness (QED) is 0.815. The Morgan fingerprint density at radius 1 is 1.38 bits per heavy atom. The molecule has 1 heterocycles. The molecule has 1 rings (SSSR count). The summed E-state index contributed by atoms with van der Waals surface area (Å²) in [4.78, 5) is 25.8. The zero-order valence-electron chi connectivity index (χ0n) is 13.8. The second kappa shape index (κ2) is 6.77. The second-order valence-corrected chi connectivity index (χ2v) is 7.43. The predicted octanol–water partition coefficient (Wildman–Crippen LogP) is 2.24. The highest BCUT2D eigenvalue weighted by molar-refractivity contribution is 5.80. The number of likely N-dealkylation sites (tertiary alicyclic amines) is 1. The molecule has 0 radical (unpaired) electrons. The number of nitrogens with two attached hydrogens (primary N) is 1. The Kier molecular flexibility index (Phi) is 5.79. The van der Waals surface area contributed by atoms with Crippen molar-refractivity contribution < 1.29 is 14.7 Å². The van der Waals surface area contributed by atoms with E-state index in [1.807, 2.05) is 27.7 Å². The van der Waals surface area contributed by atoms with Crippen molar-refractivity contribution in [3.63, 3.8) is 0 Å². The molecule has 0 aromatic carbocycles. The van der Waals surface area contributed by atoms with Crippen LogP contribution in [0.1, 0.15) is 59.8 Å². The maximum absolute atomic E-state index is 12.4. The number of carbonyl (C=O) groups is 2. The van der Waals surface area contributed by atoms with Crippen LogP contribution in [-0.4, -0.2) is 41.0 Å². The van der Waals surface area contributed by atoms with Crippen molar-refractivity contribution in [2.45, 2.75) is 65.8 Å². The first-order valence-electron chi connectivity index (χ1n) is 7.89. The first kappa shape index (κ1) is 18.0. The number of carbonyl (C=O) groups excluding carboxylic acids is 1. The molecule has 21 heavy (non-hydrogen) atoms. The minimum Gasteiger partial charge on any atom is -0.481 e. The summed E-state index contributed by atoms with van der Waals surface area (Å²) in [5.74, 6) is -0.791. The summed E-state index contributed by atoms with van der Waals surface area (Å²) in [7, 11) is 0. The van der Waals surface area contributed by atoms with Gasteiger partial charge in [0.1, 0.15) is 0 Å². The summed E-state index contributed by atoms with van der Waals surface area (Å²) in [5.41, 5.74) is 5.18. The Balaban J connectivity index is 2.75. The summed E-state index contributed by atoms with van der Waals surface area (Å²) in [5, 5.41) is 9.57. The smallest absolute Gasteiger partial charge is 0.311 e. The largest absolute Gasteiger partial charge is 0.481 e. The molecule has 1 fully saturated rings. The molecule has 1 aliphatic heterocycles. The summed E-state index contributed by atoms with van der Waals surface area (Å²) in [6.45, 7) is 9.00. The lowest BCUT2D eigenvalue weighted by Crippen LogP contribution is -2.51. The van der Waals surface area contributed by atoms with E-state index in [0.29, 0.717) is 25.9 Å². The number of hydrogen-bond donors (Lipinski definition) is 2. The van der Waals surface area contributed by atoms with Gasteiger partial charge in [-0.1, -0.05) is 34.1 Å². The fourth-order valence-corrected chi connectivity index (χ4v) is 2.93. The van der Waals surface area contributed by atoms with Gasteiger partial charge in [-0.2, -0.15) is 0 Å². The SMILES string of the molecule is CCCC1(C(=O)O)CCCN(C(=O)CC(N)C(C)(C)C)C1. The molecule has 1 amide bonds. The molecule has 122 valence electrons. The van der Waals surface area contributed by atoms with Crippen LogP contribution in [0.15, 0.2) is 0 Å². The molecule has 0 aromatic rings. The van der Waals surface area contributed by atoms with Crippen molar-refractivity contribution >= 4 is 11.9 Å². The molecule has 1 aliphatic rings. The zero-order chi connectivity index (χ0) is 16.3. The van der Waals surface area contributed by atoms with E-state index >= 15 is 0 Å². The predicted molar refractivity (Wildman–Crippen MR) is 82.8 cm³/mol. The average Bonchev–Trinajstić information content (AvgIpc) is 2.38. The summed E-state index contributed by atoms with van der Waals surface area (Å²) in [6.07, 6.45) is 3.13. The molecule has 0 aromatic heterocycles. The Bertz CT molecular complexity index is 385. The lowest BCUT2D eigenvalue weighted by Gasteiger charge is -2.40. The third-order valence-electron chi connectivity index (χ3n) is 4.62. The maximum Gasteiger partial charge on any atom is 0.311 e. The minimum absolute atomic E-state index is 0.0150. The molecule has 0 spiro atoms. The van der Waals surface area contributed by atoms with Crippen LogP contribution in [0.4, 0.5) is 0 Å². The molecule has 0 aliphatic carbocycles. The Morgan fingerprint density at radius 2 is 2.00 bits per heavy atom. The highest BCUT2D eigenvalue weighted by Gasteiger charge is 2.43. The number of nitrogens with zero attached hydrogens (tertiary/aromatic N) is 1. The standard InChI is InChI=1S/C16H30N2O3/c1-5-7-16(14(20)21)8-6-9-18(11-16)13(19)10-12(17)15(2,3)4/h12H,5-11,17H2,1-4H3,(H,20,21). The summed E-state index contributed by atoms with van der Waals surface area (Å²) in [6, 6.07) is -0.211. The Morgan fingerprint density at radius 3 is 2.48 bits per heavy atom. The molecule has 0 bridgehead atoms. The van der Waals surface area contributed by atoms with Crippen molar-refractivity contribution in [1.29, 1.82) is 0 Å². The Hall–Kier alpha value is -1.10. The number of rotatable bonds is 5. The molecular weight excluding hydrogens is 268 g/mol. The van der Waals surface area contributed by atoms with Gasteiger partial charge >= 0.3 is 5.97 Å². The van der Waals surface area contributed by atoms with Crippen LogP contribution < -0.4 is 5.73 Å². The summed E-state index contributed by atoms with van der Waals surface area (Å²) < 4.78 is 0. The van der Waals surface area contributed by atoms with Gasteiger partial charge in [0.25, 0.3) is 0 Å². The van der Waals surface area contributed by atoms with E-state index in [4.69, 9.17) is 5.73 Å². The van der Waals surface area contributed by atoms with E-state index in [1.54, 1.807) is 4.90 Å². The lowest BCUT2D eigenvalue weighted by atomic mass is 9.76. The first-order chi connectivity index (χ1) is 9.62. The van der Waals surface area contributed by atoms with Crippen molar-refractivity contribution in [3.8, 4) is 0 Å². The maximum atomic E-state index is 12.4. The van der Waals surface area contributed by atoms with E-state index < -0.39 is 11.4 Å². The van der Waals surface area contributed by atoms with Crippen LogP contribution in [-0.2, 0) is 9.59 Å². The number of aliphatic carboxylic acids is 1. The van der Waals surface area contributed by atoms with Gasteiger partial charge in [0.15, 0.2) is 0 Å². The van der Waals surface area contributed by atoms with Crippen LogP contribution in [0.2, 0.25) is 0 Å². The van der Waals surface area contributed by atoms with Crippen LogP contribution in [0, 0.1) is 10.8 Å². The van der Waals surface area contributed by atoms with Crippen LogP contribution >= 0.6 is 0 Å². The third kappa shape index (κ3) is 4.43. The van der Waals surface area contributed by atoms with Gasteiger partial charge in [-0.25, -0.2) is 0 Å². The number of carboxylic acids is 1. The van der Waals surface area contributed by atoms with Gasteiger partial charge in [0, 0.05) is 25.6 Å². The molecule has 2 unspecified atom stereocenters. The fourth-order valence-electron chi connectivity index (χ4n) is 2.93. The van der Waals surface area contributed by atoms with Crippen LogP contribution in [0.3, 0.4) is 0 Å². The number of amides is 1. The van der Waals surface area contributed by atoms with Crippen LogP contribution in [0.25, 0.3) is 0 Å². The molecular formula is C16H30N2O3. The second-order valence-electron chi connectivity index (χ2n) is 7.43. The van der Waals surface area contributed by atoms with Crippen molar-refractivity contribution in [1.82, 2.24) is 4.90 Å². The zero-order valence-corrected chi connectivity index (χ0v) is 13.8. The average molecular weight is 298 g/mol. The molecule has 0 saturated carbocycles. The van der Waals surface area contributed by atoms with Crippen molar-refractivity contribution in [2.75, 3.05) is 13.1 Å². The molecule has 2 atom stereocenters. The fraction of sp³-hybridized carbons (Fsp3) is 0.875. The third-order valence-corrected chi connectivity index (χ3v) is 4.62. The number of piperidine rings is 1. The van der Waals surface area contributed by atoms with E-state index in [0.717, 1.165) is 12.8 Å². The van der Waals surface area contributed by atoms with Gasteiger partial charge in [0.2, 0.25) is 5.91 Å². The van der Waals surface area contributed by atoms with Gasteiger partial charge in [0.05, 0.1) is 5.41 Å². The molecule has 5 heteroatoms. The van der Waals surface area contributed by atoms with Gasteiger partial charge < -0.3 is 15.7 Å². The highest BCUT2D eigenvalue weighted by atomic mass is 16.4. The molecule has 5 nitrogen and oxygen atoms in total. The Labute approximate surface area is 127 Å². The number of hydrogen-bond acceptors (Lipinski definition) is 3. The first-order valence-corrected chi connectivity index (χ1v) is 7.89. The normalized spacial score (nSPS) is 24.7. The van der Waals surface area contributed by atoms with Gasteiger partial charge in [-0.05, 0) is 24.7 Å². The van der Waals surface area contributed by atoms with E-state index in [2.05, 4.69) is 0 Å². The lowest BCUT2D eigenvalue weighted by molar-refractivity contribution is -0.155. The minimum atomic E-state index is -0.776. The van der Waals surface area contributed by atoms with Gasteiger partial charge in [-0.15, -0.1) is 0 Å². The topological polar surface area (TPSA) is 83.6 Å². The van der Waals surface area contributed by atoms with E-state index in [-0.39, 0.29) is 23.8 Å². The number of carboxylic acid groups (broad SMARTS) is 1. The van der Waals surface area contributed by atoms with E-state index in [1.165, 1.54) is 0 Å². The monoisotopic (exact) mass is 298 g/mol. The van der Waals surface area contributed by atoms with Crippen molar-refractivity contribution in [3.05, 3.63) is 0 Å². The van der Waals surface area contributed by atoms with Crippen molar-refractivity contribution in [2.24, 2.45) is 16.6 Å². The summed E-state index contributed by atoms with van der Waals surface area (Å²) >= 11 is 0. The highest BCUT2D eigenvalue weighted by Crippen LogP contribution is 2.35. The van der Waals surface area contributed by atoms with Gasteiger partial charge in [-0.3, -0.25) is 9.59 Å². The molecule has 1 saturated heterocycles.